The maximum atomic E-state index is 12.2. The van der Waals surface area contributed by atoms with Crippen molar-refractivity contribution in [2.24, 2.45) is 11.8 Å². The molecule has 1 fully saturated rings. The fourth-order valence-corrected chi connectivity index (χ4v) is 3.34. The lowest BCUT2D eigenvalue weighted by molar-refractivity contribution is -0.123. The van der Waals surface area contributed by atoms with E-state index in [9.17, 15) is 19.8 Å². The molecule has 0 aromatic heterocycles. The van der Waals surface area contributed by atoms with Crippen LogP contribution < -0.4 is 5.32 Å². The Morgan fingerprint density at radius 1 is 1.28 bits per heavy atom. The highest BCUT2D eigenvalue weighted by Crippen LogP contribution is 2.34. The summed E-state index contributed by atoms with van der Waals surface area (Å²) in [6, 6.07) is 4.64. The van der Waals surface area contributed by atoms with Crippen LogP contribution in [0.4, 0.5) is 0 Å². The van der Waals surface area contributed by atoms with Crippen molar-refractivity contribution in [3.05, 3.63) is 35.9 Å². The summed E-state index contributed by atoms with van der Waals surface area (Å²) in [4.78, 5) is 24.2. The molecule has 2 rings (SSSR count). The summed E-state index contributed by atoms with van der Waals surface area (Å²) in [5, 5.41) is 21.6. The monoisotopic (exact) mass is 345 g/mol. The predicted octanol–water partition coefficient (Wildman–Crippen LogP) is 3.10. The lowest BCUT2D eigenvalue weighted by Crippen LogP contribution is -2.29. The van der Waals surface area contributed by atoms with Gasteiger partial charge in [-0.1, -0.05) is 25.1 Å². The summed E-state index contributed by atoms with van der Waals surface area (Å²) in [6.45, 7) is 2.52. The van der Waals surface area contributed by atoms with Gasteiger partial charge in [0.2, 0.25) is 5.91 Å². The molecule has 0 radical (unpaired) electrons. The minimum Gasteiger partial charge on any atom is -0.504 e. The van der Waals surface area contributed by atoms with E-state index in [4.69, 9.17) is 0 Å². The zero-order valence-corrected chi connectivity index (χ0v) is 14.7. The van der Waals surface area contributed by atoms with E-state index in [2.05, 4.69) is 24.4 Å². The number of amides is 1. The Morgan fingerprint density at radius 2 is 2.08 bits per heavy atom. The summed E-state index contributed by atoms with van der Waals surface area (Å²) < 4.78 is 0. The van der Waals surface area contributed by atoms with Gasteiger partial charge in [-0.25, -0.2) is 0 Å². The van der Waals surface area contributed by atoms with Crippen LogP contribution >= 0.6 is 0 Å². The first-order chi connectivity index (χ1) is 12.0. The molecule has 0 saturated heterocycles. The van der Waals surface area contributed by atoms with Gasteiger partial charge in [-0.3, -0.25) is 9.59 Å². The van der Waals surface area contributed by atoms with Gasteiger partial charge in [-0.05, 0) is 49.3 Å². The third-order valence-electron chi connectivity index (χ3n) is 4.76. The molecule has 1 aromatic rings. The van der Waals surface area contributed by atoms with E-state index in [1.807, 2.05) is 0 Å². The van der Waals surface area contributed by atoms with Crippen molar-refractivity contribution in [3.8, 4) is 11.5 Å². The number of carbonyl (C=O) groups is 2. The molecular weight excluding hydrogens is 318 g/mol. The van der Waals surface area contributed by atoms with E-state index in [0.717, 1.165) is 24.8 Å². The molecule has 3 N–H and O–H groups in total. The number of aromatic hydroxyl groups is 2. The normalized spacial score (nSPS) is 20.3. The Labute approximate surface area is 148 Å². The average Bonchev–Trinajstić information content (AvgIpc) is 2.91. The quantitative estimate of drug-likeness (QED) is 0.499. The van der Waals surface area contributed by atoms with Gasteiger partial charge in [-0.2, -0.15) is 0 Å². The van der Waals surface area contributed by atoms with Crippen molar-refractivity contribution in [2.75, 3.05) is 6.54 Å². The van der Waals surface area contributed by atoms with Gasteiger partial charge < -0.3 is 15.5 Å². The number of benzene rings is 1. The van der Waals surface area contributed by atoms with Gasteiger partial charge in [-0.15, -0.1) is 0 Å². The summed E-state index contributed by atoms with van der Waals surface area (Å²) >= 11 is 0. The Morgan fingerprint density at radius 3 is 2.80 bits per heavy atom. The zero-order valence-electron chi connectivity index (χ0n) is 14.7. The molecule has 2 atom stereocenters. The minimum absolute atomic E-state index is 0.0254. The topological polar surface area (TPSA) is 86.6 Å². The van der Waals surface area contributed by atoms with E-state index < -0.39 is 0 Å². The average molecular weight is 345 g/mol. The zero-order chi connectivity index (χ0) is 18.2. The van der Waals surface area contributed by atoms with Crippen molar-refractivity contribution in [1.29, 1.82) is 0 Å². The molecule has 2 unspecified atom stereocenters. The van der Waals surface area contributed by atoms with Crippen LogP contribution in [0.1, 0.15) is 44.6 Å². The number of Topliss-reactive ketones (excluding diaryl/α,β-unsaturated/α-hetero) is 1. The standard InChI is InChI=1S/C20H27NO4/c1-2-3-4-5-16-15(7-9-17(16)22)13-20(25)21-11-10-14-6-8-18(23)19(24)12-14/h3-4,6,8,12,15-16,23-24H,2,5,7,9-11,13H2,1H3,(H,21,25)/b4-3-. The van der Waals surface area contributed by atoms with E-state index in [-0.39, 0.29) is 35.0 Å². The molecule has 0 bridgehead atoms. The van der Waals surface area contributed by atoms with Crippen molar-refractivity contribution in [2.45, 2.75) is 45.4 Å². The predicted molar refractivity (Wildman–Crippen MR) is 96.4 cm³/mol. The lowest BCUT2D eigenvalue weighted by atomic mass is 9.89. The van der Waals surface area contributed by atoms with Crippen molar-refractivity contribution in [3.63, 3.8) is 0 Å². The van der Waals surface area contributed by atoms with Gasteiger partial charge in [0, 0.05) is 25.3 Å². The van der Waals surface area contributed by atoms with Crippen LogP contribution in [0.25, 0.3) is 0 Å². The molecule has 25 heavy (non-hydrogen) atoms. The van der Waals surface area contributed by atoms with E-state index >= 15 is 0 Å². The first kappa shape index (κ1) is 19.0. The Balaban J connectivity index is 1.77. The van der Waals surface area contributed by atoms with Crippen LogP contribution in [0, 0.1) is 11.8 Å². The Kier molecular flexibility index (Phi) is 7.04. The van der Waals surface area contributed by atoms with Gasteiger partial charge in [0.15, 0.2) is 11.5 Å². The number of nitrogens with one attached hydrogen (secondary N) is 1. The van der Waals surface area contributed by atoms with Gasteiger partial charge in [0.25, 0.3) is 0 Å². The number of allylic oxidation sites excluding steroid dienone is 2. The number of ketones is 1. The molecule has 1 amide bonds. The summed E-state index contributed by atoms with van der Waals surface area (Å²) in [7, 11) is 0. The molecule has 0 aliphatic heterocycles. The van der Waals surface area contributed by atoms with Crippen molar-refractivity contribution >= 4 is 11.7 Å². The molecule has 5 heteroatoms. The highest BCUT2D eigenvalue weighted by atomic mass is 16.3. The van der Waals surface area contributed by atoms with Crippen LogP contribution in [-0.4, -0.2) is 28.4 Å². The Hall–Kier alpha value is -2.30. The van der Waals surface area contributed by atoms with Crippen LogP contribution in [0.5, 0.6) is 11.5 Å². The minimum atomic E-state index is -0.156. The molecule has 1 aliphatic carbocycles. The van der Waals surface area contributed by atoms with Crippen molar-refractivity contribution in [1.82, 2.24) is 5.32 Å². The van der Waals surface area contributed by atoms with E-state index in [1.54, 1.807) is 6.07 Å². The summed E-state index contributed by atoms with van der Waals surface area (Å²) in [5.41, 5.74) is 0.842. The summed E-state index contributed by atoms with van der Waals surface area (Å²) in [5.74, 6) is 0.0396. The van der Waals surface area contributed by atoms with Crippen LogP contribution in [-0.2, 0) is 16.0 Å². The largest absolute Gasteiger partial charge is 0.504 e. The maximum absolute atomic E-state index is 12.2. The highest BCUT2D eigenvalue weighted by Gasteiger charge is 2.34. The molecule has 1 saturated carbocycles. The molecule has 0 spiro atoms. The fraction of sp³-hybridized carbons (Fsp3) is 0.500. The first-order valence-electron chi connectivity index (χ1n) is 8.96. The maximum Gasteiger partial charge on any atom is 0.220 e. The number of carbonyl (C=O) groups excluding carboxylic acids is 2. The van der Waals surface area contributed by atoms with E-state index in [1.165, 1.54) is 12.1 Å². The summed E-state index contributed by atoms with van der Waals surface area (Å²) in [6.07, 6.45) is 8.14. The Bertz CT molecular complexity index is 639. The van der Waals surface area contributed by atoms with Gasteiger partial charge in [0.05, 0.1) is 0 Å². The number of hydrogen-bond acceptors (Lipinski definition) is 4. The van der Waals surface area contributed by atoms with E-state index in [0.29, 0.717) is 25.8 Å². The molecular formula is C20H27NO4. The number of phenolic OH excluding ortho intramolecular Hbond substituents is 2. The molecule has 136 valence electrons. The molecule has 0 heterocycles. The highest BCUT2D eigenvalue weighted by molar-refractivity contribution is 5.85. The smallest absolute Gasteiger partial charge is 0.220 e. The third kappa shape index (κ3) is 5.62. The molecule has 1 aromatic carbocycles. The fourth-order valence-electron chi connectivity index (χ4n) is 3.34. The first-order valence-corrected chi connectivity index (χ1v) is 8.96. The van der Waals surface area contributed by atoms with Crippen LogP contribution in [0.3, 0.4) is 0 Å². The van der Waals surface area contributed by atoms with Gasteiger partial charge in [0.1, 0.15) is 5.78 Å². The number of hydrogen-bond donors (Lipinski definition) is 3. The molecule has 5 nitrogen and oxygen atoms in total. The van der Waals surface area contributed by atoms with Crippen LogP contribution in [0.2, 0.25) is 0 Å². The second-order valence-electron chi connectivity index (χ2n) is 6.61. The SMILES string of the molecule is CC/C=C\CC1C(=O)CCC1CC(=O)NCCc1ccc(O)c(O)c1. The second kappa shape index (κ2) is 9.25. The third-order valence-corrected chi connectivity index (χ3v) is 4.76. The lowest BCUT2D eigenvalue weighted by Gasteiger charge is -2.16. The van der Waals surface area contributed by atoms with Crippen molar-refractivity contribution < 1.29 is 19.8 Å². The van der Waals surface area contributed by atoms with Gasteiger partial charge >= 0.3 is 0 Å². The molecule has 1 aliphatic rings. The second-order valence-corrected chi connectivity index (χ2v) is 6.61. The number of rotatable bonds is 8. The number of phenols is 2. The van der Waals surface area contributed by atoms with Crippen LogP contribution in [0.15, 0.2) is 30.4 Å².